The van der Waals surface area contributed by atoms with Gasteiger partial charge in [0.1, 0.15) is 17.5 Å². The van der Waals surface area contributed by atoms with Crippen molar-refractivity contribution in [2.45, 2.75) is 13.0 Å². The molecule has 0 heterocycles. The third kappa shape index (κ3) is 5.48. The molecular formula is C26H23N3O2. The maximum Gasteiger partial charge on any atom is 0.262 e. The monoisotopic (exact) mass is 409 g/mol. The first kappa shape index (κ1) is 20.2. The first-order chi connectivity index (χ1) is 15.2. The van der Waals surface area contributed by atoms with E-state index in [0.29, 0.717) is 5.75 Å². The fraction of sp³-hybridized carbons (Fsp3) is 0.0769. The number of nitrogens with zero attached hydrogens (tertiary/aromatic N) is 1. The normalized spacial score (nSPS) is 11.9. The van der Waals surface area contributed by atoms with Gasteiger partial charge < -0.3 is 10.1 Å². The Morgan fingerprint density at radius 3 is 2.42 bits per heavy atom. The molecule has 31 heavy (non-hydrogen) atoms. The van der Waals surface area contributed by atoms with Crippen LogP contribution in [0, 0.1) is 0 Å². The molecule has 1 unspecified atom stereocenters. The number of para-hydroxylation sites is 1. The maximum absolute atomic E-state index is 12.4. The van der Waals surface area contributed by atoms with E-state index in [2.05, 4.69) is 21.9 Å². The zero-order chi connectivity index (χ0) is 21.5. The molecule has 0 radical (unpaired) electrons. The van der Waals surface area contributed by atoms with Crippen LogP contribution in [0.1, 0.15) is 12.5 Å². The summed E-state index contributed by atoms with van der Waals surface area (Å²) in [7, 11) is 0. The van der Waals surface area contributed by atoms with E-state index in [0.717, 1.165) is 27.8 Å². The van der Waals surface area contributed by atoms with E-state index in [1.54, 1.807) is 13.1 Å². The lowest BCUT2D eigenvalue weighted by Crippen LogP contribution is -2.34. The number of carbonyl (C=O) groups excluding carboxylic acids is 1. The van der Waals surface area contributed by atoms with Crippen LogP contribution in [0.15, 0.2) is 102 Å². The van der Waals surface area contributed by atoms with Crippen molar-refractivity contribution in [2.24, 2.45) is 5.10 Å². The highest BCUT2D eigenvalue weighted by atomic mass is 16.5. The third-order valence-electron chi connectivity index (χ3n) is 4.75. The van der Waals surface area contributed by atoms with E-state index in [9.17, 15) is 4.79 Å². The maximum atomic E-state index is 12.4. The molecule has 5 nitrogen and oxygen atoms in total. The quantitative estimate of drug-likeness (QED) is 0.309. The van der Waals surface area contributed by atoms with Gasteiger partial charge in [-0.15, -0.1) is 0 Å². The molecule has 0 saturated heterocycles. The molecule has 0 bridgehead atoms. The van der Waals surface area contributed by atoms with E-state index < -0.39 is 6.04 Å². The first-order valence-corrected chi connectivity index (χ1v) is 10.1. The van der Waals surface area contributed by atoms with E-state index >= 15 is 0 Å². The van der Waals surface area contributed by atoms with Gasteiger partial charge in [0.05, 0.1) is 6.21 Å². The zero-order valence-corrected chi connectivity index (χ0v) is 17.2. The van der Waals surface area contributed by atoms with Crippen molar-refractivity contribution in [1.82, 2.24) is 5.43 Å². The zero-order valence-electron chi connectivity index (χ0n) is 17.2. The van der Waals surface area contributed by atoms with Crippen molar-refractivity contribution >= 4 is 28.6 Å². The molecule has 5 heteroatoms. The fourth-order valence-corrected chi connectivity index (χ4v) is 3.14. The highest BCUT2D eigenvalue weighted by molar-refractivity contribution is 5.89. The van der Waals surface area contributed by atoms with Gasteiger partial charge in [-0.05, 0) is 59.7 Å². The molecule has 154 valence electrons. The van der Waals surface area contributed by atoms with Crippen LogP contribution in [-0.4, -0.2) is 18.2 Å². The van der Waals surface area contributed by atoms with Crippen molar-refractivity contribution in [3.63, 3.8) is 0 Å². The van der Waals surface area contributed by atoms with Crippen LogP contribution in [0.5, 0.6) is 11.5 Å². The molecule has 4 rings (SSSR count). The molecule has 4 aromatic rings. The highest BCUT2D eigenvalue weighted by Crippen LogP contribution is 2.21. The van der Waals surface area contributed by atoms with Crippen molar-refractivity contribution in [2.75, 3.05) is 5.32 Å². The molecule has 0 fully saturated rings. The van der Waals surface area contributed by atoms with Crippen molar-refractivity contribution in [3.8, 4) is 11.5 Å². The Hall–Kier alpha value is -4.12. The van der Waals surface area contributed by atoms with E-state index in [1.807, 2.05) is 91.0 Å². The molecule has 1 atom stereocenters. The fourth-order valence-electron chi connectivity index (χ4n) is 3.14. The van der Waals surface area contributed by atoms with Gasteiger partial charge in [0.15, 0.2) is 0 Å². The SMILES string of the molecule is CC(Nc1ccc2ccccc2c1)C(=O)NN=Cc1cccc(Oc2ccccc2)c1. The highest BCUT2D eigenvalue weighted by Gasteiger charge is 2.11. The standard InChI is InChI=1S/C26H23N3O2/c1-19(28-23-15-14-21-9-5-6-10-22(21)17-23)26(30)29-27-18-20-8-7-13-25(16-20)31-24-11-3-2-4-12-24/h2-19,28H,1H3,(H,29,30). The lowest BCUT2D eigenvalue weighted by molar-refractivity contribution is -0.121. The lowest BCUT2D eigenvalue weighted by atomic mass is 10.1. The molecule has 4 aromatic carbocycles. The first-order valence-electron chi connectivity index (χ1n) is 10.1. The third-order valence-corrected chi connectivity index (χ3v) is 4.75. The number of hydrogen-bond acceptors (Lipinski definition) is 4. The van der Waals surface area contributed by atoms with Crippen LogP contribution in [-0.2, 0) is 4.79 Å². The summed E-state index contributed by atoms with van der Waals surface area (Å²) < 4.78 is 5.82. The van der Waals surface area contributed by atoms with Gasteiger partial charge in [-0.3, -0.25) is 4.79 Å². The smallest absolute Gasteiger partial charge is 0.262 e. The van der Waals surface area contributed by atoms with Crippen molar-refractivity contribution in [1.29, 1.82) is 0 Å². The van der Waals surface area contributed by atoms with Crippen LogP contribution in [0.2, 0.25) is 0 Å². The minimum absolute atomic E-state index is 0.221. The number of hydrogen-bond donors (Lipinski definition) is 2. The number of nitrogens with one attached hydrogen (secondary N) is 2. The summed E-state index contributed by atoms with van der Waals surface area (Å²) in [4.78, 5) is 12.4. The van der Waals surface area contributed by atoms with Crippen LogP contribution < -0.4 is 15.5 Å². The topological polar surface area (TPSA) is 62.7 Å². The van der Waals surface area contributed by atoms with Crippen LogP contribution in [0.25, 0.3) is 10.8 Å². The summed E-state index contributed by atoms with van der Waals surface area (Å²) in [5.74, 6) is 1.24. The van der Waals surface area contributed by atoms with Gasteiger partial charge >= 0.3 is 0 Å². The Morgan fingerprint density at radius 1 is 0.839 bits per heavy atom. The van der Waals surface area contributed by atoms with Gasteiger partial charge in [-0.2, -0.15) is 5.10 Å². The predicted molar refractivity (Wildman–Crippen MR) is 126 cm³/mol. The Balaban J connectivity index is 1.33. The minimum Gasteiger partial charge on any atom is -0.457 e. The van der Waals surface area contributed by atoms with Gasteiger partial charge in [-0.1, -0.05) is 60.7 Å². The number of benzene rings is 4. The molecular weight excluding hydrogens is 386 g/mol. The summed E-state index contributed by atoms with van der Waals surface area (Å²) in [6.07, 6.45) is 1.60. The predicted octanol–water partition coefficient (Wildman–Crippen LogP) is 5.58. The largest absolute Gasteiger partial charge is 0.457 e. The molecule has 0 aliphatic carbocycles. The number of carbonyl (C=O) groups is 1. The molecule has 0 aliphatic rings. The number of amides is 1. The Bertz CT molecular complexity index is 1210. The summed E-state index contributed by atoms with van der Waals surface area (Å²) in [5, 5.41) is 9.58. The van der Waals surface area contributed by atoms with E-state index in [-0.39, 0.29) is 5.91 Å². The van der Waals surface area contributed by atoms with Crippen LogP contribution in [0.4, 0.5) is 5.69 Å². The number of rotatable bonds is 7. The van der Waals surface area contributed by atoms with Crippen LogP contribution >= 0.6 is 0 Å². The van der Waals surface area contributed by atoms with E-state index in [1.165, 1.54) is 0 Å². The van der Waals surface area contributed by atoms with Crippen molar-refractivity contribution < 1.29 is 9.53 Å². The van der Waals surface area contributed by atoms with Gasteiger partial charge in [0.2, 0.25) is 0 Å². The van der Waals surface area contributed by atoms with Crippen LogP contribution in [0.3, 0.4) is 0 Å². The summed E-state index contributed by atoms with van der Waals surface area (Å²) in [5.41, 5.74) is 4.29. The number of fused-ring (bicyclic) bond motifs is 1. The summed E-state index contributed by atoms with van der Waals surface area (Å²) in [6.45, 7) is 1.80. The average Bonchev–Trinajstić information content (AvgIpc) is 2.80. The number of anilines is 1. The molecule has 0 saturated carbocycles. The summed E-state index contributed by atoms with van der Waals surface area (Å²) >= 11 is 0. The Morgan fingerprint density at radius 2 is 1.58 bits per heavy atom. The van der Waals surface area contributed by atoms with Gasteiger partial charge in [0, 0.05) is 5.69 Å². The second kappa shape index (κ2) is 9.59. The van der Waals surface area contributed by atoms with Crippen molar-refractivity contribution in [3.05, 3.63) is 103 Å². The number of ether oxygens (including phenoxy) is 1. The second-order valence-electron chi connectivity index (χ2n) is 7.15. The molecule has 0 aromatic heterocycles. The molecule has 2 N–H and O–H groups in total. The average molecular weight is 409 g/mol. The molecule has 1 amide bonds. The second-order valence-corrected chi connectivity index (χ2v) is 7.15. The Labute approximate surface area is 181 Å². The molecule has 0 spiro atoms. The summed E-state index contributed by atoms with van der Waals surface area (Å²) in [6, 6.07) is 30.8. The molecule has 0 aliphatic heterocycles. The van der Waals surface area contributed by atoms with E-state index in [4.69, 9.17) is 4.74 Å². The number of hydrazone groups is 1. The lowest BCUT2D eigenvalue weighted by Gasteiger charge is -2.14. The minimum atomic E-state index is -0.439. The van der Waals surface area contributed by atoms with Gasteiger partial charge in [0.25, 0.3) is 5.91 Å². The Kier molecular flexibility index (Phi) is 6.24. The van der Waals surface area contributed by atoms with Gasteiger partial charge in [-0.25, -0.2) is 5.43 Å².